The maximum atomic E-state index is 12.4. The molecule has 0 bridgehead atoms. The molecule has 0 radical (unpaired) electrons. The van der Waals surface area contributed by atoms with Crippen LogP contribution >= 0.6 is 0 Å². The topological polar surface area (TPSA) is 123 Å². The smallest absolute Gasteiger partial charge is 0.306 e. The summed E-state index contributed by atoms with van der Waals surface area (Å²) < 4.78 is 27.3. The molecule has 116 valence electrons. The van der Waals surface area contributed by atoms with E-state index in [0.29, 0.717) is 11.0 Å². The Balaban J connectivity index is 1.89. The third-order valence-electron chi connectivity index (χ3n) is 3.52. The predicted molar refractivity (Wildman–Crippen MR) is 81.0 cm³/mol. The van der Waals surface area contributed by atoms with Gasteiger partial charge in [0.2, 0.25) is 10.0 Å². The molecule has 9 heteroatoms. The molecule has 8 nitrogen and oxygen atoms in total. The average molecular weight is 321 g/mol. The van der Waals surface area contributed by atoms with Crippen LogP contribution in [-0.2, 0) is 16.6 Å². The molecule has 4 N–H and O–H groups in total. The summed E-state index contributed by atoms with van der Waals surface area (Å²) in [6.07, 6.45) is 0. The van der Waals surface area contributed by atoms with Crippen molar-refractivity contribution >= 4 is 21.1 Å². The molecule has 1 aromatic carbocycles. The number of rotatable bonds is 4. The first-order valence-electron chi connectivity index (χ1n) is 6.59. The minimum absolute atomic E-state index is 0.0917. The van der Waals surface area contributed by atoms with E-state index in [4.69, 9.17) is 0 Å². The third kappa shape index (κ3) is 2.55. The van der Waals surface area contributed by atoms with E-state index in [1.54, 1.807) is 6.07 Å². The fourth-order valence-corrected chi connectivity index (χ4v) is 3.29. The van der Waals surface area contributed by atoms with Crippen molar-refractivity contribution in [3.63, 3.8) is 0 Å². The zero-order valence-corrected chi connectivity index (χ0v) is 12.8. The van der Waals surface area contributed by atoms with E-state index in [2.05, 4.69) is 24.9 Å². The Morgan fingerprint density at radius 3 is 2.59 bits per heavy atom. The van der Waals surface area contributed by atoms with Crippen LogP contribution in [0.1, 0.15) is 17.0 Å². The van der Waals surface area contributed by atoms with Crippen LogP contribution in [0.5, 0.6) is 0 Å². The molecule has 0 spiro atoms. The first kappa shape index (κ1) is 14.5. The molecular formula is C13H15N5O3S. The Labute approximate surface area is 126 Å². The lowest BCUT2D eigenvalue weighted by atomic mass is 10.2. The number of fused-ring (bicyclic) bond motifs is 1. The van der Waals surface area contributed by atoms with Gasteiger partial charge in [-0.2, -0.15) is 5.10 Å². The highest BCUT2D eigenvalue weighted by Crippen LogP contribution is 2.16. The molecule has 0 aliphatic heterocycles. The standard InChI is InChI=1S/C13H15N5O3S/c1-7-10(8(2)18-17-7)6-14-22(20,21)9-3-4-11-12(5-9)16-13(19)15-11/h3-5,14H,6H2,1-2H3,(H,17,18)(H2,15,16,19). The second kappa shape index (κ2) is 5.11. The zero-order valence-electron chi connectivity index (χ0n) is 12.0. The number of nitrogens with one attached hydrogen (secondary N) is 4. The maximum absolute atomic E-state index is 12.4. The van der Waals surface area contributed by atoms with Crippen LogP contribution in [0.2, 0.25) is 0 Å². The van der Waals surface area contributed by atoms with Crippen LogP contribution < -0.4 is 10.4 Å². The number of aromatic amines is 3. The number of sulfonamides is 1. The summed E-state index contributed by atoms with van der Waals surface area (Å²) in [6.45, 7) is 3.79. The van der Waals surface area contributed by atoms with E-state index >= 15 is 0 Å². The Bertz CT molecular complexity index is 977. The highest BCUT2D eigenvalue weighted by molar-refractivity contribution is 7.89. The highest BCUT2D eigenvalue weighted by atomic mass is 32.2. The van der Waals surface area contributed by atoms with Gasteiger partial charge in [0.25, 0.3) is 0 Å². The molecule has 3 aromatic rings. The summed E-state index contributed by atoms with van der Waals surface area (Å²) in [6, 6.07) is 4.42. The molecule has 0 atom stereocenters. The number of nitrogens with zero attached hydrogens (tertiary/aromatic N) is 1. The first-order valence-corrected chi connectivity index (χ1v) is 8.07. The van der Waals surface area contributed by atoms with Crippen molar-refractivity contribution in [3.05, 3.63) is 45.6 Å². The molecule has 2 aromatic heterocycles. The normalized spacial score (nSPS) is 12.1. The SMILES string of the molecule is Cc1n[nH]c(C)c1CNS(=O)(=O)c1ccc2[nH]c(=O)[nH]c2c1. The van der Waals surface area contributed by atoms with Gasteiger partial charge in [0.1, 0.15) is 0 Å². The number of hydrogen-bond donors (Lipinski definition) is 4. The fraction of sp³-hybridized carbons (Fsp3) is 0.231. The van der Waals surface area contributed by atoms with E-state index in [-0.39, 0.29) is 17.1 Å². The van der Waals surface area contributed by atoms with Gasteiger partial charge in [-0.15, -0.1) is 0 Å². The Morgan fingerprint density at radius 2 is 1.91 bits per heavy atom. The summed E-state index contributed by atoms with van der Waals surface area (Å²) >= 11 is 0. The summed E-state index contributed by atoms with van der Waals surface area (Å²) in [7, 11) is -3.68. The number of aryl methyl sites for hydroxylation is 2. The summed E-state index contributed by atoms with van der Waals surface area (Å²) in [4.78, 5) is 16.4. The molecule has 3 rings (SSSR count). The maximum Gasteiger partial charge on any atom is 0.323 e. The van der Waals surface area contributed by atoms with Crippen molar-refractivity contribution in [1.29, 1.82) is 0 Å². The number of H-pyrrole nitrogens is 3. The Hall–Kier alpha value is -2.39. The zero-order chi connectivity index (χ0) is 15.9. The molecule has 0 saturated carbocycles. The van der Waals surface area contributed by atoms with E-state index in [1.807, 2.05) is 13.8 Å². The van der Waals surface area contributed by atoms with Gasteiger partial charge in [-0.3, -0.25) is 5.10 Å². The molecule has 0 aliphatic rings. The largest absolute Gasteiger partial charge is 0.323 e. The van der Waals surface area contributed by atoms with Gasteiger partial charge < -0.3 is 9.97 Å². The average Bonchev–Trinajstić information content (AvgIpc) is 2.98. The molecule has 0 saturated heterocycles. The molecular weight excluding hydrogens is 306 g/mol. The van der Waals surface area contributed by atoms with E-state index < -0.39 is 10.0 Å². The number of benzene rings is 1. The Kier molecular flexibility index (Phi) is 3.38. The van der Waals surface area contributed by atoms with Crippen LogP contribution in [0.25, 0.3) is 11.0 Å². The minimum atomic E-state index is -3.68. The second-order valence-electron chi connectivity index (χ2n) is 5.02. The van der Waals surface area contributed by atoms with Crippen molar-refractivity contribution < 1.29 is 8.42 Å². The van der Waals surface area contributed by atoms with Gasteiger partial charge in [0.15, 0.2) is 0 Å². The summed E-state index contributed by atoms with van der Waals surface area (Å²) in [5.41, 5.74) is 3.03. The Morgan fingerprint density at radius 1 is 1.18 bits per heavy atom. The van der Waals surface area contributed by atoms with E-state index in [0.717, 1.165) is 17.0 Å². The van der Waals surface area contributed by atoms with Crippen molar-refractivity contribution in [2.75, 3.05) is 0 Å². The van der Waals surface area contributed by atoms with Crippen molar-refractivity contribution in [2.45, 2.75) is 25.3 Å². The van der Waals surface area contributed by atoms with Crippen LogP contribution in [0, 0.1) is 13.8 Å². The number of aromatic nitrogens is 4. The molecule has 22 heavy (non-hydrogen) atoms. The quantitative estimate of drug-likeness (QED) is 0.564. The molecule has 0 unspecified atom stereocenters. The van der Waals surface area contributed by atoms with Gasteiger partial charge in [0.05, 0.1) is 21.6 Å². The fourth-order valence-electron chi connectivity index (χ4n) is 2.26. The monoisotopic (exact) mass is 321 g/mol. The minimum Gasteiger partial charge on any atom is -0.306 e. The molecule has 0 fully saturated rings. The van der Waals surface area contributed by atoms with Crippen molar-refractivity contribution in [2.24, 2.45) is 0 Å². The third-order valence-corrected chi connectivity index (χ3v) is 4.92. The van der Waals surface area contributed by atoms with Crippen LogP contribution in [0.4, 0.5) is 0 Å². The summed E-state index contributed by atoms with van der Waals surface area (Å²) in [5.74, 6) is 0. The molecule has 2 heterocycles. The number of imidazole rings is 1. The van der Waals surface area contributed by atoms with Gasteiger partial charge >= 0.3 is 5.69 Å². The first-order chi connectivity index (χ1) is 10.4. The van der Waals surface area contributed by atoms with Crippen LogP contribution in [-0.4, -0.2) is 28.6 Å². The highest BCUT2D eigenvalue weighted by Gasteiger charge is 2.17. The van der Waals surface area contributed by atoms with Crippen molar-refractivity contribution in [3.8, 4) is 0 Å². The summed E-state index contributed by atoms with van der Waals surface area (Å²) in [5, 5.41) is 6.84. The van der Waals surface area contributed by atoms with Gasteiger partial charge in [-0.1, -0.05) is 0 Å². The lowest BCUT2D eigenvalue weighted by molar-refractivity contribution is 0.581. The van der Waals surface area contributed by atoms with Gasteiger partial charge in [-0.05, 0) is 32.0 Å². The van der Waals surface area contributed by atoms with Crippen LogP contribution in [0.3, 0.4) is 0 Å². The molecule has 0 aliphatic carbocycles. The molecule has 0 amide bonds. The lowest BCUT2D eigenvalue weighted by Gasteiger charge is -2.07. The lowest BCUT2D eigenvalue weighted by Crippen LogP contribution is -2.23. The number of hydrogen-bond acceptors (Lipinski definition) is 4. The second-order valence-corrected chi connectivity index (χ2v) is 6.79. The van der Waals surface area contributed by atoms with E-state index in [1.165, 1.54) is 12.1 Å². The predicted octanol–water partition coefficient (Wildman–Crippen LogP) is 0.675. The van der Waals surface area contributed by atoms with E-state index in [9.17, 15) is 13.2 Å². The van der Waals surface area contributed by atoms with Crippen molar-refractivity contribution in [1.82, 2.24) is 24.9 Å². The van der Waals surface area contributed by atoms with Crippen LogP contribution in [0.15, 0.2) is 27.9 Å². The van der Waals surface area contributed by atoms with Gasteiger partial charge in [-0.25, -0.2) is 17.9 Å². The van der Waals surface area contributed by atoms with Gasteiger partial charge in [0, 0.05) is 17.8 Å².